The third-order valence-electron chi connectivity index (χ3n) is 5.57. The molecule has 2 aromatic heterocycles. The van der Waals surface area contributed by atoms with E-state index in [-0.39, 0.29) is 11.6 Å². The Morgan fingerprint density at radius 3 is 2.34 bits per heavy atom. The molecule has 166 valence electrons. The van der Waals surface area contributed by atoms with Gasteiger partial charge in [0.15, 0.2) is 5.60 Å². The summed E-state index contributed by atoms with van der Waals surface area (Å²) in [5.41, 5.74) is 2.11. The van der Waals surface area contributed by atoms with Crippen LogP contribution in [0.3, 0.4) is 0 Å². The van der Waals surface area contributed by atoms with Gasteiger partial charge in [0.05, 0.1) is 5.56 Å². The van der Waals surface area contributed by atoms with Gasteiger partial charge < -0.3 is 19.8 Å². The number of carbonyl (C=O) groups is 1. The first kappa shape index (κ1) is 20.4. The van der Waals surface area contributed by atoms with Gasteiger partial charge in [-0.3, -0.25) is 0 Å². The van der Waals surface area contributed by atoms with Crippen molar-refractivity contribution in [3.05, 3.63) is 53.7 Å². The lowest BCUT2D eigenvalue weighted by Gasteiger charge is -2.22. The Kier molecular flexibility index (Phi) is 4.83. The Labute approximate surface area is 186 Å². The molecule has 0 atom stereocenters. The van der Waals surface area contributed by atoms with Crippen LogP contribution in [0.1, 0.15) is 50.6 Å². The highest BCUT2D eigenvalue weighted by Crippen LogP contribution is 2.49. The fourth-order valence-electron chi connectivity index (χ4n) is 3.86. The van der Waals surface area contributed by atoms with E-state index in [9.17, 15) is 4.79 Å². The first-order valence-electron chi connectivity index (χ1n) is 10.8. The third-order valence-corrected chi connectivity index (χ3v) is 5.57. The topological polar surface area (TPSA) is 115 Å². The smallest absolute Gasteiger partial charge is 0.408 e. The van der Waals surface area contributed by atoms with Gasteiger partial charge in [-0.1, -0.05) is 24.3 Å². The predicted octanol–water partition coefficient (Wildman–Crippen LogP) is 3.62. The highest BCUT2D eigenvalue weighted by atomic mass is 16.6. The summed E-state index contributed by atoms with van der Waals surface area (Å²) < 4.78 is 11.4. The van der Waals surface area contributed by atoms with Crippen LogP contribution in [0, 0.1) is 0 Å². The number of benzene rings is 1. The number of anilines is 1. The van der Waals surface area contributed by atoms with Crippen LogP contribution in [0.15, 0.2) is 41.1 Å². The van der Waals surface area contributed by atoms with Crippen molar-refractivity contribution < 1.29 is 13.9 Å². The fraction of sp³-hybridized carbons (Fsp3) is 0.435. The van der Waals surface area contributed by atoms with E-state index in [1.807, 2.05) is 20.8 Å². The van der Waals surface area contributed by atoms with Gasteiger partial charge in [-0.2, -0.15) is 0 Å². The molecule has 9 nitrogen and oxygen atoms in total. The van der Waals surface area contributed by atoms with E-state index in [2.05, 4.69) is 55.1 Å². The molecule has 2 aliphatic carbocycles. The molecule has 0 spiro atoms. The summed E-state index contributed by atoms with van der Waals surface area (Å²) in [4.78, 5) is 21.0. The van der Waals surface area contributed by atoms with Crippen molar-refractivity contribution in [2.24, 2.45) is 0 Å². The number of hydrogen-bond acceptors (Lipinski definition) is 8. The van der Waals surface area contributed by atoms with Crippen LogP contribution in [0.5, 0.6) is 0 Å². The molecule has 5 rings (SSSR count). The van der Waals surface area contributed by atoms with Gasteiger partial charge >= 0.3 is 6.09 Å². The monoisotopic (exact) mass is 434 g/mol. The molecule has 0 bridgehead atoms. The SMILES string of the molecule is CC(C)(C)NC(=O)OC1(c2nnc(-c3cnc(NC4Cc5ccccc5C4)nc3)o2)CC1. The van der Waals surface area contributed by atoms with Gasteiger partial charge in [-0.05, 0) is 44.7 Å². The molecule has 3 aromatic rings. The summed E-state index contributed by atoms with van der Waals surface area (Å²) in [5, 5.41) is 14.4. The Morgan fingerprint density at radius 2 is 1.75 bits per heavy atom. The average molecular weight is 435 g/mol. The van der Waals surface area contributed by atoms with E-state index in [1.54, 1.807) is 12.4 Å². The fourth-order valence-corrected chi connectivity index (χ4v) is 3.86. The first-order chi connectivity index (χ1) is 15.3. The van der Waals surface area contributed by atoms with Crippen LogP contribution < -0.4 is 10.6 Å². The molecule has 2 heterocycles. The van der Waals surface area contributed by atoms with Gasteiger partial charge in [-0.25, -0.2) is 14.8 Å². The van der Waals surface area contributed by atoms with Gasteiger partial charge in [0.2, 0.25) is 5.95 Å². The zero-order valence-electron chi connectivity index (χ0n) is 18.4. The summed E-state index contributed by atoms with van der Waals surface area (Å²) >= 11 is 0. The third kappa shape index (κ3) is 4.28. The molecule has 0 saturated heterocycles. The van der Waals surface area contributed by atoms with Crippen LogP contribution in [0.25, 0.3) is 11.5 Å². The average Bonchev–Trinajstić information content (AvgIpc) is 3.16. The van der Waals surface area contributed by atoms with Crippen LogP contribution >= 0.6 is 0 Å². The molecule has 2 N–H and O–H groups in total. The lowest BCUT2D eigenvalue weighted by molar-refractivity contribution is 0.0588. The number of ether oxygens (including phenoxy) is 1. The number of rotatable bonds is 5. The van der Waals surface area contributed by atoms with E-state index < -0.39 is 11.7 Å². The molecular formula is C23H26N6O3. The molecule has 32 heavy (non-hydrogen) atoms. The summed E-state index contributed by atoms with van der Waals surface area (Å²) in [5.74, 6) is 1.15. The van der Waals surface area contributed by atoms with Gasteiger partial charge in [0.25, 0.3) is 11.8 Å². The molecule has 0 radical (unpaired) electrons. The maximum atomic E-state index is 12.2. The number of amides is 1. The van der Waals surface area contributed by atoms with Gasteiger partial charge in [0, 0.05) is 36.8 Å². The van der Waals surface area contributed by atoms with Crippen molar-refractivity contribution in [1.29, 1.82) is 0 Å². The Balaban J connectivity index is 1.23. The molecule has 0 aliphatic heterocycles. The number of fused-ring (bicyclic) bond motifs is 1. The molecular weight excluding hydrogens is 408 g/mol. The molecule has 1 fully saturated rings. The van der Waals surface area contributed by atoms with E-state index in [0.29, 0.717) is 36.1 Å². The highest BCUT2D eigenvalue weighted by Gasteiger charge is 2.54. The van der Waals surface area contributed by atoms with Gasteiger partial charge in [-0.15, -0.1) is 10.2 Å². The highest BCUT2D eigenvalue weighted by molar-refractivity contribution is 5.69. The maximum absolute atomic E-state index is 12.2. The molecule has 1 amide bonds. The van der Waals surface area contributed by atoms with Crippen molar-refractivity contribution in [1.82, 2.24) is 25.5 Å². The van der Waals surface area contributed by atoms with E-state index in [1.165, 1.54) is 11.1 Å². The van der Waals surface area contributed by atoms with E-state index >= 15 is 0 Å². The summed E-state index contributed by atoms with van der Waals surface area (Å²) in [6.45, 7) is 5.67. The Morgan fingerprint density at radius 1 is 1.09 bits per heavy atom. The van der Waals surface area contributed by atoms with Crippen molar-refractivity contribution >= 4 is 12.0 Å². The van der Waals surface area contributed by atoms with E-state index in [4.69, 9.17) is 9.15 Å². The summed E-state index contributed by atoms with van der Waals surface area (Å²) in [6, 6.07) is 8.74. The number of aromatic nitrogens is 4. The molecule has 2 aliphatic rings. The zero-order valence-corrected chi connectivity index (χ0v) is 18.4. The first-order valence-corrected chi connectivity index (χ1v) is 10.8. The van der Waals surface area contributed by atoms with Crippen molar-refractivity contribution in [3.63, 3.8) is 0 Å². The number of alkyl carbamates (subject to hydrolysis) is 1. The lowest BCUT2D eigenvalue weighted by Crippen LogP contribution is -2.42. The minimum absolute atomic E-state index is 0.277. The molecule has 0 unspecified atom stereocenters. The Bertz CT molecular complexity index is 1110. The minimum Gasteiger partial charge on any atom is -0.433 e. The maximum Gasteiger partial charge on any atom is 0.408 e. The second-order valence-electron chi connectivity index (χ2n) is 9.48. The van der Waals surface area contributed by atoms with Crippen LogP contribution in [-0.4, -0.2) is 37.8 Å². The number of nitrogens with zero attached hydrogens (tertiary/aromatic N) is 4. The predicted molar refractivity (Wildman–Crippen MR) is 117 cm³/mol. The van der Waals surface area contributed by atoms with Gasteiger partial charge in [0.1, 0.15) is 0 Å². The van der Waals surface area contributed by atoms with E-state index in [0.717, 1.165) is 12.8 Å². The number of hydrogen-bond donors (Lipinski definition) is 2. The Hall–Kier alpha value is -3.49. The van der Waals surface area contributed by atoms with Crippen molar-refractivity contribution in [3.8, 4) is 11.5 Å². The number of nitrogens with one attached hydrogen (secondary N) is 2. The summed E-state index contributed by atoms with van der Waals surface area (Å²) in [7, 11) is 0. The summed E-state index contributed by atoms with van der Waals surface area (Å²) in [6.07, 6.45) is 6.02. The normalized spacial score (nSPS) is 17.0. The lowest BCUT2D eigenvalue weighted by atomic mass is 10.1. The van der Waals surface area contributed by atoms with Crippen LogP contribution in [-0.2, 0) is 23.2 Å². The zero-order chi connectivity index (χ0) is 22.3. The molecule has 9 heteroatoms. The second-order valence-corrected chi connectivity index (χ2v) is 9.48. The quantitative estimate of drug-likeness (QED) is 0.626. The van der Waals surface area contributed by atoms with Crippen molar-refractivity contribution in [2.45, 2.75) is 63.6 Å². The molecule has 1 saturated carbocycles. The largest absolute Gasteiger partial charge is 0.433 e. The van der Waals surface area contributed by atoms with Crippen LogP contribution in [0.2, 0.25) is 0 Å². The molecule has 1 aromatic carbocycles. The second kappa shape index (κ2) is 7.58. The standard InChI is InChI=1S/C23H26N6O3/c1-22(2,3)27-21(30)32-23(8-9-23)19-29-28-18(31-19)16-12-24-20(25-13-16)26-17-10-14-6-4-5-7-15(14)11-17/h4-7,12-13,17H,8-11H2,1-3H3,(H,27,30)(H,24,25,26). The minimum atomic E-state index is -0.847. The number of carbonyl (C=O) groups excluding carboxylic acids is 1. The van der Waals surface area contributed by atoms with Crippen molar-refractivity contribution in [2.75, 3.05) is 5.32 Å². The van der Waals surface area contributed by atoms with Crippen LogP contribution in [0.4, 0.5) is 10.7 Å².